The van der Waals surface area contributed by atoms with E-state index in [1.807, 2.05) is 6.92 Å². The predicted octanol–water partition coefficient (Wildman–Crippen LogP) is 1.03. The molecule has 1 aromatic heterocycles. The van der Waals surface area contributed by atoms with Gasteiger partial charge in [-0.15, -0.1) is 0 Å². The molecule has 8 heteroatoms. The summed E-state index contributed by atoms with van der Waals surface area (Å²) in [5, 5.41) is 17.2. The molecule has 5 atom stereocenters. The molecule has 0 radical (unpaired) electrons. The standard InChI is InChI=1S/C18H26ClN3O4/c1-2-4-22-16(23)7-12-6-14-18(25-12)17(24)15(26-14)10-21-9-11-8-20-5-3-13(11)19/h3,5,8,12,14-15,17-18,21,24H,2,4,6-7,9-10H2,1H3,(H,22,23)/t12-,14-,15-,17-,18+/m1/s1. The van der Waals surface area contributed by atoms with Crippen molar-refractivity contribution in [1.82, 2.24) is 15.6 Å². The van der Waals surface area contributed by atoms with Gasteiger partial charge in [0, 0.05) is 49.0 Å². The Bertz CT molecular complexity index is 618. The molecule has 3 heterocycles. The minimum absolute atomic E-state index is 0.0159. The lowest BCUT2D eigenvalue weighted by Crippen LogP contribution is -2.39. The minimum atomic E-state index is -0.708. The number of ether oxygens (including phenoxy) is 2. The number of carbonyl (C=O) groups excluding carboxylic acids is 1. The maximum atomic E-state index is 11.8. The van der Waals surface area contributed by atoms with E-state index in [-0.39, 0.29) is 30.3 Å². The maximum absolute atomic E-state index is 11.8. The first kappa shape index (κ1) is 19.5. The summed E-state index contributed by atoms with van der Waals surface area (Å²) in [5.41, 5.74) is 0.899. The summed E-state index contributed by atoms with van der Waals surface area (Å²) in [5.74, 6) is -0.0159. The van der Waals surface area contributed by atoms with Gasteiger partial charge in [-0.3, -0.25) is 9.78 Å². The highest BCUT2D eigenvalue weighted by Gasteiger charge is 2.50. The van der Waals surface area contributed by atoms with Crippen molar-refractivity contribution in [3.8, 4) is 0 Å². The molecule has 144 valence electrons. The largest absolute Gasteiger partial charge is 0.388 e. The number of pyridine rings is 1. The molecule has 1 aromatic rings. The number of hydrogen-bond acceptors (Lipinski definition) is 6. The van der Waals surface area contributed by atoms with Gasteiger partial charge in [0.1, 0.15) is 12.2 Å². The molecule has 3 rings (SSSR count). The van der Waals surface area contributed by atoms with E-state index < -0.39 is 6.10 Å². The molecule has 0 unspecified atom stereocenters. The molecule has 3 N–H and O–H groups in total. The van der Waals surface area contributed by atoms with Gasteiger partial charge in [-0.1, -0.05) is 18.5 Å². The Hall–Kier alpha value is -1.25. The van der Waals surface area contributed by atoms with Crippen molar-refractivity contribution in [2.75, 3.05) is 13.1 Å². The molecule has 0 aliphatic carbocycles. The van der Waals surface area contributed by atoms with Gasteiger partial charge in [-0.2, -0.15) is 0 Å². The zero-order valence-corrected chi connectivity index (χ0v) is 15.6. The lowest BCUT2D eigenvalue weighted by atomic mass is 10.1. The Labute approximate surface area is 158 Å². The number of nitrogens with zero attached hydrogens (tertiary/aromatic N) is 1. The van der Waals surface area contributed by atoms with Crippen LogP contribution in [0.5, 0.6) is 0 Å². The molecule has 2 aliphatic rings. The van der Waals surface area contributed by atoms with Crippen molar-refractivity contribution in [2.45, 2.75) is 63.3 Å². The molecule has 2 aliphatic heterocycles. The van der Waals surface area contributed by atoms with Crippen LogP contribution in [0.25, 0.3) is 0 Å². The molecule has 0 spiro atoms. The van der Waals surface area contributed by atoms with Crippen LogP contribution in [0.1, 0.15) is 31.7 Å². The number of amides is 1. The smallest absolute Gasteiger partial charge is 0.222 e. The summed E-state index contributed by atoms with van der Waals surface area (Å²) in [7, 11) is 0. The molecule has 2 saturated heterocycles. The van der Waals surface area contributed by atoms with Gasteiger partial charge in [0.05, 0.1) is 24.7 Å². The second kappa shape index (κ2) is 9.10. The molecule has 0 aromatic carbocycles. The topological polar surface area (TPSA) is 92.7 Å². The Balaban J connectivity index is 1.42. The van der Waals surface area contributed by atoms with Gasteiger partial charge in [-0.05, 0) is 12.5 Å². The van der Waals surface area contributed by atoms with Crippen molar-refractivity contribution in [3.05, 3.63) is 29.0 Å². The highest BCUT2D eigenvalue weighted by Crippen LogP contribution is 2.35. The van der Waals surface area contributed by atoms with Crippen molar-refractivity contribution in [2.24, 2.45) is 0 Å². The van der Waals surface area contributed by atoms with Gasteiger partial charge < -0.3 is 25.2 Å². The van der Waals surface area contributed by atoms with Gasteiger partial charge in [0.2, 0.25) is 5.91 Å². The van der Waals surface area contributed by atoms with E-state index in [2.05, 4.69) is 15.6 Å². The summed E-state index contributed by atoms with van der Waals surface area (Å²) < 4.78 is 11.8. The van der Waals surface area contributed by atoms with Crippen molar-refractivity contribution in [3.63, 3.8) is 0 Å². The van der Waals surface area contributed by atoms with Crippen molar-refractivity contribution in [1.29, 1.82) is 0 Å². The number of fused-ring (bicyclic) bond motifs is 1. The third-order valence-electron chi connectivity index (χ3n) is 4.77. The fraction of sp³-hybridized carbons (Fsp3) is 0.667. The van der Waals surface area contributed by atoms with E-state index >= 15 is 0 Å². The Kier molecular flexibility index (Phi) is 6.83. The van der Waals surface area contributed by atoms with Gasteiger partial charge in [0.25, 0.3) is 0 Å². The minimum Gasteiger partial charge on any atom is -0.388 e. The number of rotatable bonds is 8. The second-order valence-electron chi connectivity index (χ2n) is 6.81. The van der Waals surface area contributed by atoms with E-state index in [0.717, 1.165) is 12.0 Å². The van der Waals surface area contributed by atoms with Crippen LogP contribution in [-0.2, 0) is 20.8 Å². The molecule has 2 fully saturated rings. The van der Waals surface area contributed by atoms with Crippen LogP contribution >= 0.6 is 11.6 Å². The lowest BCUT2D eigenvalue weighted by Gasteiger charge is -2.20. The number of aliphatic hydroxyl groups excluding tert-OH is 1. The first-order valence-electron chi connectivity index (χ1n) is 9.13. The first-order chi connectivity index (χ1) is 12.6. The summed E-state index contributed by atoms with van der Waals surface area (Å²) in [6.45, 7) is 3.73. The zero-order chi connectivity index (χ0) is 18.5. The summed E-state index contributed by atoms with van der Waals surface area (Å²) in [6, 6.07) is 1.74. The van der Waals surface area contributed by atoms with Crippen LogP contribution in [0.4, 0.5) is 0 Å². The normalized spacial score (nSPS) is 30.3. The van der Waals surface area contributed by atoms with Crippen LogP contribution in [0.2, 0.25) is 5.02 Å². The van der Waals surface area contributed by atoms with E-state index in [4.69, 9.17) is 21.1 Å². The highest BCUT2D eigenvalue weighted by molar-refractivity contribution is 6.31. The monoisotopic (exact) mass is 383 g/mol. The fourth-order valence-corrected chi connectivity index (χ4v) is 3.61. The second-order valence-corrected chi connectivity index (χ2v) is 7.22. The number of hydrogen-bond donors (Lipinski definition) is 3. The molecule has 0 saturated carbocycles. The number of aliphatic hydroxyl groups is 1. The van der Waals surface area contributed by atoms with Crippen LogP contribution in [0, 0.1) is 0 Å². The molecular formula is C18H26ClN3O4. The average molecular weight is 384 g/mol. The number of halogens is 1. The zero-order valence-electron chi connectivity index (χ0n) is 14.9. The fourth-order valence-electron chi connectivity index (χ4n) is 3.44. The van der Waals surface area contributed by atoms with Gasteiger partial charge in [-0.25, -0.2) is 0 Å². The number of nitrogens with one attached hydrogen (secondary N) is 2. The SMILES string of the molecule is CCCNC(=O)C[C@H]1C[C@H]2O[C@H](CNCc3cnccc3Cl)[C@@H](O)[C@H]2O1. The van der Waals surface area contributed by atoms with Crippen LogP contribution < -0.4 is 10.6 Å². The number of carbonyl (C=O) groups is 1. The summed E-state index contributed by atoms with van der Waals surface area (Å²) in [4.78, 5) is 15.9. The Morgan fingerprint density at radius 2 is 2.31 bits per heavy atom. The van der Waals surface area contributed by atoms with Crippen LogP contribution in [0.3, 0.4) is 0 Å². The molecule has 0 bridgehead atoms. The molecule has 1 amide bonds. The van der Waals surface area contributed by atoms with E-state index in [1.165, 1.54) is 0 Å². The average Bonchev–Trinajstić information content (AvgIpc) is 3.14. The first-order valence-corrected chi connectivity index (χ1v) is 9.51. The van der Waals surface area contributed by atoms with E-state index in [1.54, 1.807) is 18.5 Å². The van der Waals surface area contributed by atoms with E-state index in [9.17, 15) is 9.90 Å². The third-order valence-corrected chi connectivity index (χ3v) is 5.14. The van der Waals surface area contributed by atoms with Crippen molar-refractivity contribution < 1.29 is 19.4 Å². The van der Waals surface area contributed by atoms with Crippen LogP contribution in [0.15, 0.2) is 18.5 Å². The predicted molar refractivity (Wildman–Crippen MR) is 96.8 cm³/mol. The highest BCUT2D eigenvalue weighted by atomic mass is 35.5. The molecule has 7 nitrogen and oxygen atoms in total. The molecule has 26 heavy (non-hydrogen) atoms. The number of aromatic nitrogens is 1. The maximum Gasteiger partial charge on any atom is 0.222 e. The van der Waals surface area contributed by atoms with Gasteiger partial charge in [0.15, 0.2) is 0 Å². The Morgan fingerprint density at radius 1 is 1.46 bits per heavy atom. The van der Waals surface area contributed by atoms with Crippen LogP contribution in [-0.4, -0.2) is 59.6 Å². The third kappa shape index (κ3) is 4.72. The lowest BCUT2D eigenvalue weighted by molar-refractivity contribution is -0.124. The quantitative estimate of drug-likeness (QED) is 0.621. The Morgan fingerprint density at radius 3 is 3.04 bits per heavy atom. The van der Waals surface area contributed by atoms with Gasteiger partial charge >= 0.3 is 0 Å². The summed E-state index contributed by atoms with van der Waals surface area (Å²) >= 11 is 6.10. The summed E-state index contributed by atoms with van der Waals surface area (Å²) in [6.07, 6.45) is 3.44. The van der Waals surface area contributed by atoms with E-state index in [0.29, 0.717) is 37.5 Å². The van der Waals surface area contributed by atoms with Crippen molar-refractivity contribution >= 4 is 17.5 Å². The molecular weight excluding hydrogens is 358 g/mol.